The second-order valence-corrected chi connectivity index (χ2v) is 5.27. The molecule has 1 aliphatic carbocycles. The summed E-state index contributed by atoms with van der Waals surface area (Å²) in [7, 11) is 0. The zero-order valence-corrected chi connectivity index (χ0v) is 11.7. The first-order valence-corrected chi connectivity index (χ1v) is 7.18. The molecule has 1 aromatic carbocycles. The van der Waals surface area contributed by atoms with Gasteiger partial charge in [0.05, 0.1) is 11.6 Å². The summed E-state index contributed by atoms with van der Waals surface area (Å²) in [5, 5.41) is 2.67. The van der Waals surface area contributed by atoms with Gasteiger partial charge in [-0.25, -0.2) is 0 Å². The van der Waals surface area contributed by atoms with Crippen molar-refractivity contribution in [2.75, 3.05) is 5.32 Å². The zero-order chi connectivity index (χ0) is 15.2. The van der Waals surface area contributed by atoms with Gasteiger partial charge in [-0.2, -0.15) is 8.78 Å². The van der Waals surface area contributed by atoms with Crippen molar-refractivity contribution in [3.8, 4) is 5.75 Å². The molecular weight excluding hydrogens is 278 g/mol. The van der Waals surface area contributed by atoms with Gasteiger partial charge >= 0.3 is 6.61 Å². The minimum atomic E-state index is -2.93. The number of hydrogen-bond donors (Lipinski definition) is 2. The van der Waals surface area contributed by atoms with Gasteiger partial charge in [-0.15, -0.1) is 0 Å². The van der Waals surface area contributed by atoms with Crippen LogP contribution in [0.15, 0.2) is 24.3 Å². The van der Waals surface area contributed by atoms with Gasteiger partial charge in [0.25, 0.3) is 0 Å². The number of nitrogens with two attached hydrogens (primary N) is 1. The molecule has 0 spiro atoms. The van der Waals surface area contributed by atoms with Crippen molar-refractivity contribution in [3.05, 3.63) is 24.3 Å². The topological polar surface area (TPSA) is 64.4 Å². The highest BCUT2D eigenvalue weighted by Crippen LogP contribution is 2.28. The molecule has 1 saturated carbocycles. The first-order chi connectivity index (χ1) is 10.1. The normalized spacial score (nSPS) is 22.7. The summed E-state index contributed by atoms with van der Waals surface area (Å²) in [6.45, 7) is -2.93. The standard InChI is InChI=1S/C15H20F2N2O2/c16-15(17)21-13-9-5-4-8-12(13)19-14(20)10-6-2-1-3-7-11(10)18/h4-5,8-11,15H,1-3,6-7,18H2,(H,19,20). The van der Waals surface area contributed by atoms with Crippen molar-refractivity contribution in [1.82, 2.24) is 0 Å². The maximum atomic E-state index is 12.4. The Morgan fingerprint density at radius 1 is 1.24 bits per heavy atom. The van der Waals surface area contributed by atoms with Crippen molar-refractivity contribution >= 4 is 11.6 Å². The van der Waals surface area contributed by atoms with Gasteiger partial charge in [-0.05, 0) is 25.0 Å². The highest BCUT2D eigenvalue weighted by atomic mass is 19.3. The van der Waals surface area contributed by atoms with E-state index in [9.17, 15) is 13.6 Å². The van der Waals surface area contributed by atoms with E-state index in [1.165, 1.54) is 12.1 Å². The Morgan fingerprint density at radius 2 is 1.95 bits per heavy atom. The first-order valence-electron chi connectivity index (χ1n) is 7.18. The van der Waals surface area contributed by atoms with E-state index in [4.69, 9.17) is 5.73 Å². The number of ether oxygens (including phenoxy) is 1. The lowest BCUT2D eigenvalue weighted by Gasteiger charge is -2.21. The van der Waals surface area contributed by atoms with Crippen molar-refractivity contribution in [3.63, 3.8) is 0 Å². The number of para-hydroxylation sites is 2. The summed E-state index contributed by atoms with van der Waals surface area (Å²) < 4.78 is 29.1. The number of hydrogen-bond acceptors (Lipinski definition) is 3. The minimum Gasteiger partial charge on any atom is -0.433 e. The molecule has 3 N–H and O–H groups in total. The lowest BCUT2D eigenvalue weighted by molar-refractivity contribution is -0.120. The number of benzene rings is 1. The third-order valence-electron chi connectivity index (χ3n) is 3.77. The maximum Gasteiger partial charge on any atom is 0.387 e. The van der Waals surface area contributed by atoms with Crippen LogP contribution in [0.25, 0.3) is 0 Å². The molecular formula is C15H20F2N2O2. The lowest BCUT2D eigenvalue weighted by atomic mass is 9.94. The van der Waals surface area contributed by atoms with Crippen molar-refractivity contribution in [1.29, 1.82) is 0 Å². The van der Waals surface area contributed by atoms with Gasteiger partial charge < -0.3 is 15.8 Å². The Kier molecular flexibility index (Phi) is 5.50. The third kappa shape index (κ3) is 4.39. The number of amides is 1. The average Bonchev–Trinajstić information content (AvgIpc) is 2.65. The van der Waals surface area contributed by atoms with Crippen LogP contribution < -0.4 is 15.8 Å². The highest BCUT2D eigenvalue weighted by molar-refractivity contribution is 5.94. The summed E-state index contributed by atoms with van der Waals surface area (Å²) >= 11 is 0. The molecule has 0 aromatic heterocycles. The summed E-state index contributed by atoms with van der Waals surface area (Å²) in [6, 6.07) is 5.98. The van der Waals surface area contributed by atoms with E-state index in [1.807, 2.05) is 0 Å². The van der Waals surface area contributed by atoms with Crippen LogP contribution in [-0.2, 0) is 4.79 Å². The molecule has 1 aliphatic rings. The molecule has 0 saturated heterocycles. The molecule has 2 unspecified atom stereocenters. The lowest BCUT2D eigenvalue weighted by Crippen LogP contribution is -2.37. The van der Waals surface area contributed by atoms with Crippen LogP contribution in [0.2, 0.25) is 0 Å². The number of carbonyl (C=O) groups is 1. The molecule has 0 bridgehead atoms. The van der Waals surface area contributed by atoms with Gasteiger partial charge in [-0.3, -0.25) is 4.79 Å². The third-order valence-corrected chi connectivity index (χ3v) is 3.77. The van der Waals surface area contributed by atoms with E-state index >= 15 is 0 Å². The molecule has 1 aromatic rings. The molecule has 21 heavy (non-hydrogen) atoms. The predicted molar refractivity (Wildman–Crippen MR) is 76.3 cm³/mol. The average molecular weight is 298 g/mol. The van der Waals surface area contributed by atoms with Gasteiger partial charge in [0.15, 0.2) is 0 Å². The maximum absolute atomic E-state index is 12.4. The number of carbonyl (C=O) groups excluding carboxylic acids is 1. The molecule has 0 heterocycles. The van der Waals surface area contributed by atoms with E-state index in [0.717, 1.165) is 32.1 Å². The summed E-state index contributed by atoms with van der Waals surface area (Å²) in [5.74, 6) is -0.551. The second-order valence-electron chi connectivity index (χ2n) is 5.27. The Bertz CT molecular complexity index is 482. The number of rotatable bonds is 4. The zero-order valence-electron chi connectivity index (χ0n) is 11.7. The molecule has 1 fully saturated rings. The SMILES string of the molecule is NC1CCCCCC1C(=O)Nc1ccccc1OC(F)F. The number of nitrogens with one attached hydrogen (secondary N) is 1. The van der Waals surface area contributed by atoms with Crippen molar-refractivity contribution in [2.45, 2.75) is 44.8 Å². The molecule has 2 rings (SSSR count). The van der Waals surface area contributed by atoms with E-state index in [2.05, 4.69) is 10.1 Å². The van der Waals surface area contributed by atoms with Crippen LogP contribution in [0.4, 0.5) is 14.5 Å². The smallest absolute Gasteiger partial charge is 0.387 e. The monoisotopic (exact) mass is 298 g/mol. The quantitative estimate of drug-likeness (QED) is 0.839. The fourth-order valence-electron chi connectivity index (χ4n) is 2.66. The van der Waals surface area contributed by atoms with Crippen molar-refractivity contribution in [2.24, 2.45) is 11.7 Å². The molecule has 1 amide bonds. The summed E-state index contributed by atoms with van der Waals surface area (Å²) in [5.41, 5.74) is 6.29. The Labute approximate surface area is 122 Å². The number of halogens is 2. The van der Waals surface area contributed by atoms with Crippen LogP contribution >= 0.6 is 0 Å². The van der Waals surface area contributed by atoms with Gasteiger partial charge in [0.2, 0.25) is 5.91 Å². The second kappa shape index (κ2) is 7.36. The van der Waals surface area contributed by atoms with E-state index in [0.29, 0.717) is 0 Å². The van der Waals surface area contributed by atoms with Crippen molar-refractivity contribution < 1.29 is 18.3 Å². The van der Waals surface area contributed by atoms with Crippen LogP contribution in [0.3, 0.4) is 0 Å². The minimum absolute atomic E-state index is 0.0388. The van der Waals surface area contributed by atoms with Crippen LogP contribution in [0.5, 0.6) is 5.75 Å². The van der Waals surface area contributed by atoms with Crippen LogP contribution in [0, 0.1) is 5.92 Å². The fraction of sp³-hybridized carbons (Fsp3) is 0.533. The molecule has 116 valence electrons. The van der Waals surface area contributed by atoms with Gasteiger partial charge in [0.1, 0.15) is 5.75 Å². The Balaban J connectivity index is 2.08. The highest BCUT2D eigenvalue weighted by Gasteiger charge is 2.27. The molecule has 0 radical (unpaired) electrons. The van der Waals surface area contributed by atoms with E-state index < -0.39 is 6.61 Å². The summed E-state index contributed by atoms with van der Waals surface area (Å²) in [4.78, 5) is 12.3. The van der Waals surface area contributed by atoms with Gasteiger partial charge in [-0.1, -0.05) is 31.4 Å². The Morgan fingerprint density at radius 3 is 2.71 bits per heavy atom. The van der Waals surface area contributed by atoms with E-state index in [-0.39, 0.29) is 29.3 Å². The number of alkyl halides is 2. The first kappa shape index (κ1) is 15.7. The Hall–Kier alpha value is -1.69. The van der Waals surface area contributed by atoms with E-state index in [1.54, 1.807) is 12.1 Å². The summed E-state index contributed by atoms with van der Waals surface area (Å²) in [6.07, 6.45) is 4.59. The molecule has 6 heteroatoms. The van der Waals surface area contributed by atoms with Crippen LogP contribution in [0.1, 0.15) is 32.1 Å². The van der Waals surface area contributed by atoms with Gasteiger partial charge in [0, 0.05) is 6.04 Å². The molecule has 2 atom stereocenters. The largest absolute Gasteiger partial charge is 0.433 e. The predicted octanol–water partition coefficient (Wildman–Crippen LogP) is 3.13. The molecule has 4 nitrogen and oxygen atoms in total. The van der Waals surface area contributed by atoms with Crippen LogP contribution in [-0.4, -0.2) is 18.6 Å². The fourth-order valence-corrected chi connectivity index (χ4v) is 2.66. The number of anilines is 1. The molecule has 0 aliphatic heterocycles.